The minimum atomic E-state index is -3.44. The van der Waals surface area contributed by atoms with Gasteiger partial charge in [-0.3, -0.25) is 4.90 Å². The number of likely N-dealkylation sites (N-methyl/N-ethyl adjacent to an activating group) is 1. The molecule has 0 bridgehead atoms. The lowest BCUT2D eigenvalue weighted by Gasteiger charge is -2.22. The first-order valence-electron chi connectivity index (χ1n) is 5.74. The maximum Gasteiger partial charge on any atom is 0.250 e. The molecule has 2 aromatic heterocycles. The van der Waals surface area contributed by atoms with Gasteiger partial charge in [0.25, 0.3) is 0 Å². The maximum absolute atomic E-state index is 12.0. The molecule has 1 atom stereocenters. The number of hydrogen-bond donors (Lipinski definition) is 1. The molecule has 0 spiro atoms. The Kier molecular flexibility index (Phi) is 4.41. The summed E-state index contributed by atoms with van der Waals surface area (Å²) in [5.74, 6) is 0.735. The van der Waals surface area contributed by atoms with Crippen LogP contribution < -0.4 is 4.72 Å². The van der Waals surface area contributed by atoms with Crippen molar-refractivity contribution in [2.24, 2.45) is 0 Å². The highest BCUT2D eigenvalue weighted by atomic mass is 32.2. The summed E-state index contributed by atoms with van der Waals surface area (Å²) in [5, 5.41) is 1.74. The molecule has 0 saturated carbocycles. The van der Waals surface area contributed by atoms with Crippen molar-refractivity contribution in [3.8, 4) is 0 Å². The van der Waals surface area contributed by atoms with E-state index in [0.717, 1.165) is 5.76 Å². The molecule has 19 heavy (non-hydrogen) atoms. The highest BCUT2D eigenvalue weighted by molar-refractivity contribution is 7.91. The fraction of sp³-hybridized carbons (Fsp3) is 0.333. The van der Waals surface area contributed by atoms with Crippen molar-refractivity contribution >= 4 is 21.4 Å². The molecule has 0 aliphatic rings. The predicted molar refractivity (Wildman–Crippen MR) is 74.6 cm³/mol. The zero-order valence-corrected chi connectivity index (χ0v) is 12.4. The predicted octanol–water partition coefficient (Wildman–Crippen LogP) is 1.92. The number of sulfonamides is 1. The Morgan fingerprint density at radius 3 is 2.68 bits per heavy atom. The number of hydrogen-bond acceptors (Lipinski definition) is 5. The second-order valence-corrected chi connectivity index (χ2v) is 7.22. The highest BCUT2D eigenvalue weighted by Gasteiger charge is 2.21. The first-order chi connectivity index (χ1) is 9.00. The van der Waals surface area contributed by atoms with Gasteiger partial charge in [-0.1, -0.05) is 6.07 Å². The van der Waals surface area contributed by atoms with Crippen molar-refractivity contribution in [3.63, 3.8) is 0 Å². The number of thiophene rings is 1. The van der Waals surface area contributed by atoms with Crippen LogP contribution in [0.25, 0.3) is 0 Å². The van der Waals surface area contributed by atoms with Crippen molar-refractivity contribution in [2.75, 3.05) is 20.6 Å². The van der Waals surface area contributed by atoms with Crippen LogP contribution in [0.15, 0.2) is 44.5 Å². The number of rotatable bonds is 6. The second-order valence-electron chi connectivity index (χ2n) is 4.28. The molecule has 0 radical (unpaired) electrons. The van der Waals surface area contributed by atoms with Gasteiger partial charge in [0, 0.05) is 6.54 Å². The fourth-order valence-electron chi connectivity index (χ4n) is 1.69. The van der Waals surface area contributed by atoms with E-state index in [-0.39, 0.29) is 12.6 Å². The molecule has 0 aromatic carbocycles. The van der Waals surface area contributed by atoms with Gasteiger partial charge < -0.3 is 4.42 Å². The average molecular weight is 300 g/mol. The highest BCUT2D eigenvalue weighted by Crippen LogP contribution is 2.20. The Hall–Kier alpha value is -1.15. The summed E-state index contributed by atoms with van der Waals surface area (Å²) >= 11 is 1.20. The van der Waals surface area contributed by atoms with E-state index in [0.29, 0.717) is 4.21 Å². The van der Waals surface area contributed by atoms with Crippen LogP contribution in [0.2, 0.25) is 0 Å². The van der Waals surface area contributed by atoms with Crippen LogP contribution in [0.4, 0.5) is 0 Å². The van der Waals surface area contributed by atoms with E-state index in [9.17, 15) is 8.42 Å². The summed E-state index contributed by atoms with van der Waals surface area (Å²) in [6.07, 6.45) is 1.58. The quantitative estimate of drug-likeness (QED) is 0.885. The van der Waals surface area contributed by atoms with E-state index in [1.807, 2.05) is 25.1 Å². The van der Waals surface area contributed by atoms with Crippen LogP contribution in [0.3, 0.4) is 0 Å². The molecule has 0 aliphatic carbocycles. The van der Waals surface area contributed by atoms with Crippen molar-refractivity contribution < 1.29 is 12.8 Å². The van der Waals surface area contributed by atoms with E-state index in [1.165, 1.54) is 11.3 Å². The number of furan rings is 1. The Balaban J connectivity index is 2.08. The molecule has 0 saturated heterocycles. The molecule has 5 nitrogen and oxygen atoms in total. The van der Waals surface area contributed by atoms with Gasteiger partial charge in [-0.05, 0) is 37.7 Å². The van der Waals surface area contributed by atoms with Crippen LogP contribution in [0.1, 0.15) is 11.8 Å². The largest absolute Gasteiger partial charge is 0.468 e. The van der Waals surface area contributed by atoms with E-state index in [2.05, 4.69) is 4.72 Å². The molecule has 0 aliphatic heterocycles. The second kappa shape index (κ2) is 5.87. The van der Waals surface area contributed by atoms with Gasteiger partial charge in [0.05, 0.1) is 12.3 Å². The van der Waals surface area contributed by atoms with Crippen molar-refractivity contribution in [3.05, 3.63) is 41.7 Å². The number of nitrogens with zero attached hydrogens (tertiary/aromatic N) is 1. The van der Waals surface area contributed by atoms with E-state index in [1.54, 1.807) is 29.8 Å². The molecule has 0 fully saturated rings. The standard InChI is InChI=1S/C12H16N2O3S2/c1-14(2)10(11-5-3-7-17-11)9-13-19(15,16)12-6-4-8-18-12/h3-8,10,13H,9H2,1-2H3/t10-/m0/s1. The summed E-state index contributed by atoms with van der Waals surface area (Å²) in [7, 11) is 0.327. The van der Waals surface area contributed by atoms with Gasteiger partial charge >= 0.3 is 0 Å². The monoisotopic (exact) mass is 300 g/mol. The van der Waals surface area contributed by atoms with E-state index < -0.39 is 10.0 Å². The third-order valence-corrected chi connectivity index (χ3v) is 5.54. The van der Waals surface area contributed by atoms with E-state index >= 15 is 0 Å². The zero-order valence-electron chi connectivity index (χ0n) is 10.7. The van der Waals surface area contributed by atoms with Crippen molar-refractivity contribution in [2.45, 2.75) is 10.3 Å². The molecular formula is C12H16N2O3S2. The SMILES string of the molecule is CN(C)[C@@H](CNS(=O)(=O)c1cccs1)c1ccco1. The summed E-state index contributed by atoms with van der Waals surface area (Å²) in [6.45, 7) is 0.265. The van der Waals surface area contributed by atoms with Crippen molar-refractivity contribution in [1.82, 2.24) is 9.62 Å². The molecule has 104 valence electrons. The molecule has 0 amide bonds. The van der Waals surface area contributed by atoms with Crippen LogP contribution in [0, 0.1) is 0 Å². The lowest BCUT2D eigenvalue weighted by molar-refractivity contribution is 0.259. The smallest absolute Gasteiger partial charge is 0.250 e. The Bertz CT molecular complexity index is 589. The van der Waals surface area contributed by atoms with Gasteiger partial charge in [0.1, 0.15) is 9.97 Å². The van der Waals surface area contributed by atoms with Gasteiger partial charge in [-0.25, -0.2) is 13.1 Å². The van der Waals surface area contributed by atoms with Crippen LogP contribution in [-0.4, -0.2) is 34.0 Å². The topological polar surface area (TPSA) is 62.6 Å². The summed E-state index contributed by atoms with van der Waals surface area (Å²) in [4.78, 5) is 1.91. The summed E-state index contributed by atoms with van der Waals surface area (Å²) < 4.78 is 32.4. The third kappa shape index (κ3) is 3.44. The molecule has 1 N–H and O–H groups in total. The molecule has 7 heteroatoms. The first kappa shape index (κ1) is 14.3. The van der Waals surface area contributed by atoms with Crippen LogP contribution in [0.5, 0.6) is 0 Å². The molecule has 0 unspecified atom stereocenters. The third-order valence-electron chi connectivity index (χ3n) is 2.72. The minimum Gasteiger partial charge on any atom is -0.468 e. The normalized spacial score (nSPS) is 13.8. The van der Waals surface area contributed by atoms with Crippen LogP contribution in [-0.2, 0) is 10.0 Å². The number of nitrogens with one attached hydrogen (secondary N) is 1. The lowest BCUT2D eigenvalue weighted by atomic mass is 10.2. The molecule has 2 heterocycles. The van der Waals surface area contributed by atoms with Gasteiger partial charge in [-0.2, -0.15) is 0 Å². The lowest BCUT2D eigenvalue weighted by Crippen LogP contribution is -2.34. The fourth-order valence-corrected chi connectivity index (χ4v) is 3.77. The first-order valence-corrected chi connectivity index (χ1v) is 8.10. The molecule has 2 aromatic rings. The minimum absolute atomic E-state index is 0.135. The summed E-state index contributed by atoms with van der Waals surface area (Å²) in [5.41, 5.74) is 0. The zero-order chi connectivity index (χ0) is 13.9. The molecule has 2 rings (SSSR count). The summed E-state index contributed by atoms with van der Waals surface area (Å²) in [6, 6.07) is 6.80. The average Bonchev–Trinajstić information content (AvgIpc) is 3.02. The van der Waals surface area contributed by atoms with E-state index in [4.69, 9.17) is 4.42 Å². The van der Waals surface area contributed by atoms with Crippen LogP contribution >= 0.6 is 11.3 Å². The Labute approximate surface area is 116 Å². The van der Waals surface area contributed by atoms with Gasteiger partial charge in [0.15, 0.2) is 0 Å². The van der Waals surface area contributed by atoms with Crippen molar-refractivity contribution in [1.29, 1.82) is 0 Å². The Morgan fingerprint density at radius 1 is 1.37 bits per heavy atom. The van der Waals surface area contributed by atoms with Gasteiger partial charge in [0.2, 0.25) is 10.0 Å². The Morgan fingerprint density at radius 2 is 2.16 bits per heavy atom. The molecular weight excluding hydrogens is 284 g/mol. The maximum atomic E-state index is 12.0. The van der Waals surface area contributed by atoms with Gasteiger partial charge in [-0.15, -0.1) is 11.3 Å².